The van der Waals surface area contributed by atoms with Crippen molar-refractivity contribution in [3.05, 3.63) is 18.0 Å². The SMILES string of the molecule is Nc1cnc(C(CBr)C(F)(F)F)cc1N. The second kappa shape index (κ2) is 4.26. The quantitative estimate of drug-likeness (QED) is 0.819. The number of nitrogen functional groups attached to an aromatic ring is 2. The van der Waals surface area contributed by atoms with Crippen LogP contribution in [0.1, 0.15) is 11.6 Å². The maximum Gasteiger partial charge on any atom is 0.398 e. The molecule has 0 aliphatic rings. The van der Waals surface area contributed by atoms with Crippen molar-refractivity contribution in [1.29, 1.82) is 0 Å². The summed E-state index contributed by atoms with van der Waals surface area (Å²) in [6, 6.07) is 1.15. The molecule has 4 N–H and O–H groups in total. The van der Waals surface area contributed by atoms with Crippen LogP contribution in [0.25, 0.3) is 0 Å². The highest BCUT2D eigenvalue weighted by atomic mass is 79.9. The zero-order chi connectivity index (χ0) is 11.6. The molecule has 0 aliphatic carbocycles. The number of nitrogens with zero attached hydrogens (tertiary/aromatic N) is 1. The van der Waals surface area contributed by atoms with Gasteiger partial charge in [-0.15, -0.1) is 0 Å². The first-order valence-corrected chi connectivity index (χ1v) is 5.12. The van der Waals surface area contributed by atoms with Crippen molar-refractivity contribution in [3.8, 4) is 0 Å². The average Bonchev–Trinajstić information content (AvgIpc) is 2.10. The van der Waals surface area contributed by atoms with Crippen LogP contribution in [-0.4, -0.2) is 16.5 Å². The summed E-state index contributed by atoms with van der Waals surface area (Å²) in [6.45, 7) is 0. The van der Waals surface area contributed by atoms with E-state index in [0.717, 1.165) is 12.3 Å². The van der Waals surface area contributed by atoms with Gasteiger partial charge < -0.3 is 11.5 Å². The molecule has 0 bridgehead atoms. The first-order valence-electron chi connectivity index (χ1n) is 3.99. The molecule has 0 aliphatic heterocycles. The Morgan fingerprint density at radius 3 is 2.33 bits per heavy atom. The minimum Gasteiger partial charge on any atom is -0.397 e. The number of nitrogens with two attached hydrogens (primary N) is 2. The molecule has 7 heteroatoms. The van der Waals surface area contributed by atoms with Crippen LogP contribution in [0, 0.1) is 0 Å². The van der Waals surface area contributed by atoms with Crippen molar-refractivity contribution < 1.29 is 13.2 Å². The lowest BCUT2D eigenvalue weighted by Crippen LogP contribution is -2.23. The first-order chi connectivity index (χ1) is 6.86. The van der Waals surface area contributed by atoms with Gasteiger partial charge in [0.05, 0.1) is 23.3 Å². The van der Waals surface area contributed by atoms with Crippen LogP contribution in [0.3, 0.4) is 0 Å². The summed E-state index contributed by atoms with van der Waals surface area (Å²) in [5, 5.41) is -0.257. The standard InChI is InChI=1S/C8H9BrF3N3/c9-2-4(8(10,11)12)7-1-5(13)6(14)3-15-7/h1,3-4H,2,14H2,(H2,13,15). The van der Waals surface area contributed by atoms with E-state index in [0.29, 0.717) is 0 Å². The van der Waals surface area contributed by atoms with Crippen LogP contribution < -0.4 is 11.5 Å². The molecular weight excluding hydrogens is 275 g/mol. The summed E-state index contributed by atoms with van der Waals surface area (Å²) >= 11 is 2.80. The van der Waals surface area contributed by atoms with Crippen molar-refractivity contribution >= 4 is 27.3 Å². The van der Waals surface area contributed by atoms with Crippen LogP contribution in [0.5, 0.6) is 0 Å². The lowest BCUT2D eigenvalue weighted by atomic mass is 10.1. The Bertz CT molecular complexity index is 353. The largest absolute Gasteiger partial charge is 0.398 e. The maximum atomic E-state index is 12.5. The first kappa shape index (κ1) is 12.1. The molecule has 0 amide bonds. The third-order valence-corrected chi connectivity index (χ3v) is 2.54. The normalized spacial score (nSPS) is 13.9. The molecule has 15 heavy (non-hydrogen) atoms. The van der Waals surface area contributed by atoms with Gasteiger partial charge in [0.2, 0.25) is 0 Å². The number of hydrogen-bond acceptors (Lipinski definition) is 3. The van der Waals surface area contributed by atoms with Crippen LogP contribution >= 0.6 is 15.9 Å². The Morgan fingerprint density at radius 2 is 1.93 bits per heavy atom. The molecule has 1 aromatic rings. The zero-order valence-corrected chi connectivity index (χ0v) is 9.14. The minimum absolute atomic E-state index is 0.107. The van der Waals surface area contributed by atoms with E-state index in [4.69, 9.17) is 11.5 Å². The van der Waals surface area contributed by atoms with E-state index in [-0.39, 0.29) is 22.4 Å². The fourth-order valence-corrected chi connectivity index (χ4v) is 1.72. The van der Waals surface area contributed by atoms with Crippen molar-refractivity contribution in [1.82, 2.24) is 4.98 Å². The molecule has 0 saturated heterocycles. The second-order valence-corrected chi connectivity index (χ2v) is 3.63. The molecule has 0 saturated carbocycles. The van der Waals surface area contributed by atoms with Gasteiger partial charge in [-0.05, 0) is 6.07 Å². The second-order valence-electron chi connectivity index (χ2n) is 2.99. The zero-order valence-electron chi connectivity index (χ0n) is 7.55. The van der Waals surface area contributed by atoms with Crippen LogP contribution in [0.4, 0.5) is 24.5 Å². The number of rotatable bonds is 2. The van der Waals surface area contributed by atoms with Crippen molar-refractivity contribution in [3.63, 3.8) is 0 Å². The Balaban J connectivity index is 3.08. The molecule has 1 atom stereocenters. The summed E-state index contributed by atoms with van der Waals surface area (Å²) in [4.78, 5) is 3.62. The number of alkyl halides is 4. The monoisotopic (exact) mass is 283 g/mol. The van der Waals surface area contributed by atoms with Crippen LogP contribution in [0.2, 0.25) is 0 Å². The van der Waals surface area contributed by atoms with Crippen molar-refractivity contribution in [2.24, 2.45) is 0 Å². The van der Waals surface area contributed by atoms with E-state index in [1.54, 1.807) is 0 Å². The van der Waals surface area contributed by atoms with Gasteiger partial charge in [0, 0.05) is 5.33 Å². The van der Waals surface area contributed by atoms with E-state index < -0.39 is 12.1 Å². The van der Waals surface area contributed by atoms with Gasteiger partial charge in [0.25, 0.3) is 0 Å². The molecule has 0 aromatic carbocycles. The van der Waals surface area contributed by atoms with Crippen LogP contribution in [-0.2, 0) is 0 Å². The molecular formula is C8H9BrF3N3. The van der Waals surface area contributed by atoms with E-state index in [1.807, 2.05) is 0 Å². The predicted molar refractivity (Wildman–Crippen MR) is 55.7 cm³/mol. The molecule has 3 nitrogen and oxygen atoms in total. The summed E-state index contributed by atoms with van der Waals surface area (Å²) in [5.74, 6) is -1.67. The molecule has 1 heterocycles. The van der Waals surface area contributed by atoms with Gasteiger partial charge in [0.15, 0.2) is 0 Å². The van der Waals surface area contributed by atoms with Gasteiger partial charge in [-0.3, -0.25) is 4.98 Å². The summed E-state index contributed by atoms with van der Waals surface area (Å²) < 4.78 is 37.5. The maximum absolute atomic E-state index is 12.5. The fraction of sp³-hybridized carbons (Fsp3) is 0.375. The highest BCUT2D eigenvalue weighted by Crippen LogP contribution is 2.36. The topological polar surface area (TPSA) is 64.9 Å². The molecule has 1 aromatic heterocycles. The summed E-state index contributed by atoms with van der Waals surface area (Å²) in [5.41, 5.74) is 10.9. The highest BCUT2D eigenvalue weighted by Gasteiger charge is 2.40. The number of hydrogen-bond donors (Lipinski definition) is 2. The van der Waals surface area contributed by atoms with Gasteiger partial charge in [0.1, 0.15) is 5.92 Å². The fourth-order valence-electron chi connectivity index (χ4n) is 1.02. The third kappa shape index (κ3) is 2.74. The summed E-state index contributed by atoms with van der Waals surface area (Å²) in [7, 11) is 0. The molecule has 0 radical (unpaired) electrons. The molecule has 1 rings (SSSR count). The smallest absolute Gasteiger partial charge is 0.397 e. The highest BCUT2D eigenvalue weighted by molar-refractivity contribution is 9.09. The minimum atomic E-state index is -4.35. The number of pyridine rings is 1. The number of anilines is 2. The number of aromatic nitrogens is 1. The van der Waals surface area contributed by atoms with E-state index in [9.17, 15) is 13.2 Å². The van der Waals surface area contributed by atoms with Gasteiger partial charge in [-0.25, -0.2) is 0 Å². The van der Waals surface area contributed by atoms with E-state index in [2.05, 4.69) is 20.9 Å². The lowest BCUT2D eigenvalue weighted by Gasteiger charge is -2.17. The Hall–Kier alpha value is -0.980. The predicted octanol–water partition coefficient (Wildman–Crippen LogP) is 2.29. The number of halogens is 4. The van der Waals surface area contributed by atoms with Crippen LogP contribution in [0.15, 0.2) is 12.3 Å². The molecule has 0 spiro atoms. The Labute approximate surface area is 92.8 Å². The molecule has 1 unspecified atom stereocenters. The third-order valence-electron chi connectivity index (χ3n) is 1.90. The molecule has 0 fully saturated rings. The lowest BCUT2D eigenvalue weighted by molar-refractivity contribution is -0.145. The molecule has 84 valence electrons. The van der Waals surface area contributed by atoms with E-state index >= 15 is 0 Å². The average molecular weight is 284 g/mol. The van der Waals surface area contributed by atoms with Gasteiger partial charge in [-0.1, -0.05) is 15.9 Å². The van der Waals surface area contributed by atoms with Gasteiger partial charge in [-0.2, -0.15) is 13.2 Å². The summed E-state index contributed by atoms with van der Waals surface area (Å²) in [6.07, 6.45) is -3.22. The van der Waals surface area contributed by atoms with Crippen molar-refractivity contribution in [2.75, 3.05) is 16.8 Å². The van der Waals surface area contributed by atoms with Gasteiger partial charge >= 0.3 is 6.18 Å². The Kier molecular flexibility index (Phi) is 3.43. The van der Waals surface area contributed by atoms with Crippen molar-refractivity contribution in [2.45, 2.75) is 12.1 Å². The Morgan fingerprint density at radius 1 is 1.33 bits per heavy atom. The van der Waals surface area contributed by atoms with E-state index in [1.165, 1.54) is 0 Å².